The number of carbonyl (C=O) groups is 1. The van der Waals surface area contributed by atoms with E-state index in [2.05, 4.69) is 34.6 Å². The number of aromatic nitrogens is 1. The molecule has 39 heavy (non-hydrogen) atoms. The van der Waals surface area contributed by atoms with E-state index in [1.807, 2.05) is 30.3 Å². The number of hydrogen-bond donors (Lipinski definition) is 1. The van der Waals surface area contributed by atoms with Gasteiger partial charge in [-0.25, -0.2) is 0 Å². The molecule has 0 atom stereocenters. The minimum atomic E-state index is -0.170. The first-order valence-electron chi connectivity index (χ1n) is 14.7. The van der Waals surface area contributed by atoms with E-state index in [0.29, 0.717) is 23.7 Å². The van der Waals surface area contributed by atoms with Crippen LogP contribution in [0, 0.1) is 6.92 Å². The van der Waals surface area contributed by atoms with E-state index in [0.717, 1.165) is 18.7 Å². The van der Waals surface area contributed by atoms with Gasteiger partial charge in [-0.05, 0) is 36.8 Å². The number of hydrogen-bond acceptors (Lipinski definition) is 4. The number of aryl methyl sites for hydroxylation is 1. The first-order valence-corrected chi connectivity index (χ1v) is 15.7. The number of methoxy groups -OCH3 is 1. The molecule has 0 aliphatic rings. The largest absolute Gasteiger partial charge is 0.493 e. The van der Waals surface area contributed by atoms with Gasteiger partial charge in [-0.2, -0.15) is 4.57 Å². The monoisotopic (exact) mass is 551 g/mol. The molecule has 2 aromatic carbocycles. The summed E-state index contributed by atoms with van der Waals surface area (Å²) in [6.07, 6.45) is 15.8. The molecule has 3 rings (SSSR count). The van der Waals surface area contributed by atoms with Crippen LogP contribution in [0.15, 0.2) is 53.4 Å². The second kappa shape index (κ2) is 17.7. The molecule has 0 saturated carbocycles. The van der Waals surface area contributed by atoms with Crippen molar-refractivity contribution in [1.29, 1.82) is 0 Å². The molecule has 1 amide bonds. The van der Waals surface area contributed by atoms with Gasteiger partial charge in [-0.1, -0.05) is 101 Å². The summed E-state index contributed by atoms with van der Waals surface area (Å²) in [5.74, 6) is 1.10. The Kier molecular flexibility index (Phi) is 13.9. The Morgan fingerprint density at radius 1 is 0.846 bits per heavy atom. The van der Waals surface area contributed by atoms with Crippen LogP contribution in [-0.4, -0.2) is 19.6 Å². The number of rotatable bonds is 19. The van der Waals surface area contributed by atoms with Crippen molar-refractivity contribution in [3.05, 3.63) is 70.2 Å². The summed E-state index contributed by atoms with van der Waals surface area (Å²) in [5.41, 5.74) is 5.86. The number of nitrogens with one attached hydrogen (secondary N) is 1. The van der Waals surface area contributed by atoms with Gasteiger partial charge in [0.25, 0.3) is 5.91 Å². The maximum Gasteiger partial charge on any atom is 0.255 e. The summed E-state index contributed by atoms with van der Waals surface area (Å²) in [4.78, 5) is 12.9. The molecule has 3 aromatic rings. The number of unbranched alkanes of at least 4 members (excludes halogenated alkanes) is 11. The molecule has 0 saturated heterocycles. The Morgan fingerprint density at radius 3 is 2.08 bits per heavy atom. The Hall–Kier alpha value is -2.86. The van der Waals surface area contributed by atoms with E-state index >= 15 is 0 Å². The summed E-state index contributed by atoms with van der Waals surface area (Å²) in [6.45, 7) is 5.86. The van der Waals surface area contributed by atoms with E-state index in [9.17, 15) is 4.79 Å². The third-order valence-electron chi connectivity index (χ3n) is 7.13. The quantitative estimate of drug-likeness (QED) is 0.120. The predicted molar refractivity (Wildman–Crippen MR) is 162 cm³/mol. The molecule has 0 aliphatic carbocycles. The highest BCUT2D eigenvalue weighted by Gasteiger charge is 2.13. The molecular formula is C33H47N2O3S+. The zero-order valence-corrected chi connectivity index (χ0v) is 25.0. The predicted octanol–water partition coefficient (Wildman–Crippen LogP) is 8.73. The van der Waals surface area contributed by atoms with Gasteiger partial charge in [0, 0.05) is 23.7 Å². The highest BCUT2D eigenvalue weighted by Crippen LogP contribution is 2.29. The maximum atomic E-state index is 12.9. The van der Waals surface area contributed by atoms with Crippen LogP contribution in [0.3, 0.4) is 0 Å². The molecule has 1 N–H and O–H groups in total. The van der Waals surface area contributed by atoms with Crippen molar-refractivity contribution in [2.75, 3.05) is 19.0 Å². The molecule has 0 fully saturated rings. The van der Waals surface area contributed by atoms with Gasteiger partial charge >= 0.3 is 0 Å². The van der Waals surface area contributed by atoms with Crippen LogP contribution < -0.4 is 19.4 Å². The zero-order valence-electron chi connectivity index (χ0n) is 24.2. The van der Waals surface area contributed by atoms with Crippen molar-refractivity contribution in [2.45, 2.75) is 97.4 Å². The molecule has 1 aromatic heterocycles. The highest BCUT2D eigenvalue weighted by atomic mass is 32.1. The van der Waals surface area contributed by atoms with E-state index < -0.39 is 0 Å². The maximum absolute atomic E-state index is 12.9. The fourth-order valence-electron chi connectivity index (χ4n) is 4.66. The molecule has 0 radical (unpaired) electrons. The molecular weight excluding hydrogens is 504 g/mol. The minimum absolute atomic E-state index is 0.170. The number of thiazole rings is 1. The molecule has 5 nitrogen and oxygen atoms in total. The normalized spacial score (nSPS) is 10.9. The van der Waals surface area contributed by atoms with Gasteiger partial charge in [0.05, 0.1) is 19.1 Å². The van der Waals surface area contributed by atoms with Crippen LogP contribution in [0.2, 0.25) is 0 Å². The smallest absolute Gasteiger partial charge is 0.255 e. The third kappa shape index (κ3) is 11.0. The molecule has 1 heterocycles. The molecule has 0 unspecified atom stereocenters. The Balaban J connectivity index is 1.35. The van der Waals surface area contributed by atoms with Gasteiger partial charge in [-0.15, -0.1) is 0 Å². The fourth-order valence-corrected chi connectivity index (χ4v) is 5.44. The lowest BCUT2D eigenvalue weighted by Crippen LogP contribution is -2.34. The molecule has 6 heteroatoms. The van der Waals surface area contributed by atoms with Gasteiger partial charge in [-0.3, -0.25) is 4.79 Å². The van der Waals surface area contributed by atoms with Crippen LogP contribution in [0.4, 0.5) is 5.69 Å². The van der Waals surface area contributed by atoms with Crippen molar-refractivity contribution in [3.63, 3.8) is 0 Å². The van der Waals surface area contributed by atoms with E-state index in [4.69, 9.17) is 9.47 Å². The van der Waals surface area contributed by atoms with Gasteiger partial charge < -0.3 is 14.8 Å². The summed E-state index contributed by atoms with van der Waals surface area (Å²) in [6, 6.07) is 13.4. The van der Waals surface area contributed by atoms with Crippen molar-refractivity contribution < 1.29 is 18.8 Å². The van der Waals surface area contributed by atoms with Gasteiger partial charge in [0.1, 0.15) is 0 Å². The lowest BCUT2D eigenvalue weighted by molar-refractivity contribution is -0.689. The highest BCUT2D eigenvalue weighted by molar-refractivity contribution is 7.07. The first-order chi connectivity index (χ1) is 19.1. The Morgan fingerprint density at radius 2 is 1.49 bits per heavy atom. The zero-order chi connectivity index (χ0) is 27.7. The van der Waals surface area contributed by atoms with Crippen LogP contribution in [0.1, 0.15) is 106 Å². The van der Waals surface area contributed by atoms with E-state index in [1.165, 1.54) is 81.9 Å². The van der Waals surface area contributed by atoms with Crippen molar-refractivity contribution >= 4 is 22.9 Å². The molecule has 0 spiro atoms. The van der Waals surface area contributed by atoms with Crippen molar-refractivity contribution in [2.24, 2.45) is 0 Å². The number of carbonyl (C=O) groups excluding carboxylic acids is 1. The van der Waals surface area contributed by atoms with Crippen molar-refractivity contribution in [3.8, 4) is 11.5 Å². The fraction of sp³-hybridized carbons (Fsp3) is 0.515. The van der Waals surface area contributed by atoms with Crippen LogP contribution in [0.5, 0.6) is 11.5 Å². The molecule has 212 valence electrons. The standard InChI is InChI=1S/C33H46N2O3S/c1-4-5-6-7-8-9-10-11-12-13-14-15-22-38-31-21-18-29(23-32(31)37-3)33(36)34-30-19-16-28(17-20-30)24-35-26-39-25-27(35)2/h16-21,23,25-26H,4-15,22,24H2,1-3H3/p+1. The second-order valence-electron chi connectivity index (χ2n) is 10.4. The number of amides is 1. The van der Waals surface area contributed by atoms with Gasteiger partial charge in [0.15, 0.2) is 23.7 Å². The Labute approximate surface area is 239 Å². The summed E-state index contributed by atoms with van der Waals surface area (Å²) in [5, 5.41) is 5.12. The molecule has 0 bridgehead atoms. The first kappa shape index (κ1) is 30.7. The number of nitrogens with zero attached hydrogens (tertiary/aromatic N) is 1. The average molecular weight is 552 g/mol. The number of ether oxygens (including phenoxy) is 2. The number of anilines is 1. The lowest BCUT2D eigenvalue weighted by Gasteiger charge is -2.12. The summed E-state index contributed by atoms with van der Waals surface area (Å²) < 4.78 is 13.7. The third-order valence-corrected chi connectivity index (χ3v) is 7.98. The van der Waals surface area contributed by atoms with E-state index in [-0.39, 0.29) is 5.91 Å². The van der Waals surface area contributed by atoms with Crippen LogP contribution >= 0.6 is 11.3 Å². The summed E-state index contributed by atoms with van der Waals surface area (Å²) >= 11 is 1.70. The molecule has 0 aliphatic heterocycles. The minimum Gasteiger partial charge on any atom is -0.493 e. The SMILES string of the molecule is CCCCCCCCCCCCCCOc1ccc(C(=O)Nc2ccc(C[n+]3cscc3C)cc2)cc1OC. The second-order valence-corrected chi connectivity index (χ2v) is 11.1. The Bertz CT molecular complexity index is 1110. The van der Waals surface area contributed by atoms with Crippen LogP contribution in [0.25, 0.3) is 0 Å². The lowest BCUT2D eigenvalue weighted by atomic mass is 10.1. The van der Waals surface area contributed by atoms with Crippen molar-refractivity contribution in [1.82, 2.24) is 0 Å². The number of benzene rings is 2. The van der Waals surface area contributed by atoms with Gasteiger partial charge in [0.2, 0.25) is 5.51 Å². The average Bonchev–Trinajstić information content (AvgIpc) is 3.36. The topological polar surface area (TPSA) is 51.4 Å². The van der Waals surface area contributed by atoms with Crippen LogP contribution in [-0.2, 0) is 6.54 Å². The summed E-state index contributed by atoms with van der Waals surface area (Å²) in [7, 11) is 1.61. The van der Waals surface area contributed by atoms with E-state index in [1.54, 1.807) is 30.6 Å².